The molecule has 4 atom stereocenters. The Bertz CT molecular complexity index is 3390. The minimum atomic E-state index is -4.34. The van der Waals surface area contributed by atoms with Gasteiger partial charge in [0.1, 0.15) is 48.7 Å². The molecule has 0 unspecified atom stereocenters. The lowest BCUT2D eigenvalue weighted by atomic mass is 9.85. The Labute approximate surface area is 520 Å². The third-order valence-electron chi connectivity index (χ3n) is 14.3. The Morgan fingerprint density at radius 2 is 1.44 bits per heavy atom. The number of amides is 3. The van der Waals surface area contributed by atoms with Gasteiger partial charge in [0.2, 0.25) is 23.5 Å². The molecule has 2 aliphatic rings. The first-order valence-electron chi connectivity index (χ1n) is 29.3. The fraction of sp³-hybridized carbons (Fsp3) is 0.484. The van der Waals surface area contributed by atoms with Crippen LogP contribution in [0.25, 0.3) is 32.6 Å². The molecule has 484 valence electrons. The Hall–Kier alpha value is -6.92. The maximum atomic E-state index is 15.6. The quantitative estimate of drug-likeness (QED) is 0.0207. The molecule has 3 aromatic heterocycles. The number of aliphatic hydroxyl groups excluding tert-OH is 1. The van der Waals surface area contributed by atoms with Gasteiger partial charge >= 0.3 is 10.2 Å². The number of carbonyl (C=O) groups excluding carboxylic acids is 4. The molecule has 8 rings (SSSR count). The van der Waals surface area contributed by atoms with Gasteiger partial charge in [-0.3, -0.25) is 23.9 Å². The van der Waals surface area contributed by atoms with Crippen molar-refractivity contribution in [1.29, 1.82) is 0 Å². The number of fused-ring (bicyclic) bond motifs is 1. The van der Waals surface area contributed by atoms with Crippen molar-refractivity contribution in [2.75, 3.05) is 110 Å². The smallest absolute Gasteiger partial charge is 0.301 e. The number of aromatic amines is 1. The van der Waals surface area contributed by atoms with Gasteiger partial charge in [-0.2, -0.15) is 12.7 Å². The van der Waals surface area contributed by atoms with Gasteiger partial charge in [-0.1, -0.05) is 57.2 Å². The van der Waals surface area contributed by atoms with Gasteiger partial charge in [-0.05, 0) is 79.6 Å². The van der Waals surface area contributed by atoms with E-state index in [9.17, 15) is 41.5 Å². The number of thiazole rings is 1. The number of ketones is 1. The van der Waals surface area contributed by atoms with E-state index in [1.165, 1.54) is 11.1 Å². The first-order chi connectivity index (χ1) is 42.7. The largest absolute Gasteiger partial charge is 0.491 e. The molecule has 2 fully saturated rings. The van der Waals surface area contributed by atoms with Crippen molar-refractivity contribution >= 4 is 61.8 Å². The number of nitrogens with one attached hydrogen (secondary N) is 4. The Morgan fingerprint density at radius 1 is 0.809 bits per heavy atom. The zero-order valence-corrected chi connectivity index (χ0v) is 52.5. The molecule has 3 amide bonds. The molecule has 89 heavy (non-hydrogen) atoms. The first kappa shape index (κ1) is 69.6. The van der Waals surface area contributed by atoms with E-state index in [-0.39, 0.29) is 50.6 Å². The number of aliphatic hydroxyl groups is 1. The number of hydrogen-bond donors (Lipinski definition) is 5. The summed E-state index contributed by atoms with van der Waals surface area (Å²) in [6, 6.07) is 16.7. The van der Waals surface area contributed by atoms with Crippen LogP contribution in [0.15, 0.2) is 84.6 Å². The van der Waals surface area contributed by atoms with E-state index in [1.54, 1.807) is 54.8 Å². The Kier molecular flexibility index (Phi) is 26.4. The number of aryl methyl sites for hydroxylation is 1. The maximum absolute atomic E-state index is 15.6. The van der Waals surface area contributed by atoms with Crippen LogP contribution in [0.2, 0.25) is 0 Å². The number of H-pyrrole nitrogens is 1. The number of pyridine rings is 1. The summed E-state index contributed by atoms with van der Waals surface area (Å²) in [4.78, 5) is 66.4. The predicted molar refractivity (Wildman–Crippen MR) is 328 cm³/mol. The Morgan fingerprint density at radius 3 is 2.03 bits per heavy atom. The van der Waals surface area contributed by atoms with E-state index < -0.39 is 80.5 Å². The van der Waals surface area contributed by atoms with Crippen molar-refractivity contribution in [3.8, 4) is 27.3 Å². The molecule has 0 bridgehead atoms. The molecule has 2 aliphatic heterocycles. The fourth-order valence-corrected chi connectivity index (χ4v) is 11.7. The minimum Gasteiger partial charge on any atom is -0.491 e. The topological polar surface area (TPSA) is 271 Å². The number of β-amino-alcohol motifs (C(OH)–C–C–N with tert-alkyl or cyclic N) is 1. The van der Waals surface area contributed by atoms with Crippen LogP contribution >= 0.6 is 11.3 Å². The normalized spacial score (nSPS) is 16.5. The van der Waals surface area contributed by atoms with E-state index >= 15 is 4.39 Å². The monoisotopic (exact) mass is 1280 g/mol. The average Bonchev–Trinajstić information content (AvgIpc) is 3.62. The summed E-state index contributed by atoms with van der Waals surface area (Å²) >= 11 is 1.58. The van der Waals surface area contributed by atoms with Crippen molar-refractivity contribution in [3.05, 3.63) is 119 Å². The number of anilines is 1. The number of ether oxygens (including phenoxy) is 7. The summed E-state index contributed by atoms with van der Waals surface area (Å²) in [6.07, 6.45) is 0.860. The van der Waals surface area contributed by atoms with Crippen molar-refractivity contribution in [2.45, 2.75) is 85.3 Å². The van der Waals surface area contributed by atoms with Crippen molar-refractivity contribution in [2.24, 2.45) is 5.41 Å². The number of benzene rings is 3. The van der Waals surface area contributed by atoms with Gasteiger partial charge in [0.25, 0.3) is 0 Å². The number of halogens is 3. The van der Waals surface area contributed by atoms with E-state index in [0.717, 1.165) is 43.7 Å². The van der Waals surface area contributed by atoms with Crippen molar-refractivity contribution < 1.29 is 79.0 Å². The predicted octanol–water partition coefficient (Wildman–Crippen LogP) is 7.19. The summed E-state index contributed by atoms with van der Waals surface area (Å²) in [5.74, 6) is -4.12. The van der Waals surface area contributed by atoms with Gasteiger partial charge in [0, 0.05) is 74.7 Å². The second-order valence-corrected chi connectivity index (χ2v) is 24.4. The van der Waals surface area contributed by atoms with Crippen molar-refractivity contribution in [1.82, 2.24) is 34.8 Å². The molecule has 0 aliphatic carbocycles. The molecule has 6 aromatic rings. The minimum absolute atomic E-state index is 0.00369. The molecule has 0 radical (unpaired) electrons. The van der Waals surface area contributed by atoms with Crippen LogP contribution in [0.5, 0.6) is 5.75 Å². The van der Waals surface area contributed by atoms with Crippen LogP contribution in [0.4, 0.5) is 18.9 Å². The van der Waals surface area contributed by atoms with Crippen molar-refractivity contribution in [3.63, 3.8) is 0 Å². The zero-order chi connectivity index (χ0) is 64.1. The fourth-order valence-electron chi connectivity index (χ4n) is 9.60. The van der Waals surface area contributed by atoms with Gasteiger partial charge in [-0.25, -0.2) is 23.1 Å². The lowest BCUT2D eigenvalue weighted by Crippen LogP contribution is -2.58. The molecule has 5 N–H and O–H groups in total. The number of nitrogens with zero attached hydrogens (tertiary/aromatic N) is 4. The van der Waals surface area contributed by atoms with E-state index in [0.29, 0.717) is 108 Å². The average molecular weight is 1280 g/mol. The summed E-state index contributed by atoms with van der Waals surface area (Å²) in [5.41, 5.74) is 4.19. The van der Waals surface area contributed by atoms with Gasteiger partial charge in [-0.15, -0.1) is 11.3 Å². The summed E-state index contributed by atoms with van der Waals surface area (Å²) < 4.78 is 110. The first-order valence-corrected chi connectivity index (χ1v) is 31.7. The molecule has 27 heteroatoms. The van der Waals surface area contributed by atoms with Gasteiger partial charge < -0.3 is 58.8 Å². The number of carbonyl (C=O) groups is 4. The maximum Gasteiger partial charge on any atom is 0.301 e. The Balaban J connectivity index is 0.000000273. The molecule has 2 saturated heterocycles. The van der Waals surface area contributed by atoms with E-state index in [2.05, 4.69) is 25.6 Å². The van der Waals surface area contributed by atoms with Gasteiger partial charge in [0.15, 0.2) is 5.82 Å². The molecular formula is C62H79F3N8O14S2. The highest BCUT2D eigenvalue weighted by atomic mass is 32.2. The van der Waals surface area contributed by atoms with Crippen LogP contribution in [-0.4, -0.2) is 191 Å². The lowest BCUT2D eigenvalue weighted by Gasteiger charge is -2.35. The van der Waals surface area contributed by atoms with Crippen LogP contribution in [0.3, 0.4) is 0 Å². The molecular weight excluding hydrogens is 1200 g/mol. The van der Waals surface area contributed by atoms with Gasteiger partial charge in [0.05, 0.1) is 92.9 Å². The second-order valence-electron chi connectivity index (χ2n) is 21.9. The third-order valence-corrected chi connectivity index (χ3v) is 16.8. The highest BCUT2D eigenvalue weighted by Gasteiger charge is 2.44. The molecule has 0 spiro atoms. The van der Waals surface area contributed by atoms with Crippen LogP contribution in [-0.2, 0) is 59.6 Å². The second kappa shape index (κ2) is 33.8. The number of hydrogen-bond acceptors (Lipinski definition) is 17. The standard InChI is InChI=1S/C36H43F3N4O9S.C26H36N4O5S/c1-2-47-11-12-48-13-14-49-15-16-50-17-18-51-19-20-52-28-5-3-25(4-6-28)26-21-29-30(23-41-36(29)40-22-26)35(44)33-31(38)7-8-32(34(33)39)42-53(45,46)43-10-9-27(37)24-43;1-6-35-14-21(32)29-23(26(3,4)5)25(34)30-13-19(31)11-20(30)24(33)27-12-17-7-9-18(10-8-17)22-16(2)28-15-36-22/h3-8,21-23,27,42H,2,9-20,24H2,1H3,(H,40,41);7-10,15,19-20,23,31H,6,11-14H2,1-5H3,(H,27,33)(H,29,32)/t27-;19-,20+,23-/m11/s1. The molecule has 22 nitrogen and oxygen atoms in total. The number of likely N-dealkylation sites (tertiary alicyclic amines) is 1. The zero-order valence-electron chi connectivity index (χ0n) is 50.8. The summed E-state index contributed by atoms with van der Waals surface area (Å²) in [7, 11) is -4.34. The third kappa shape index (κ3) is 20.0. The highest BCUT2D eigenvalue weighted by Crippen LogP contribution is 2.33. The summed E-state index contributed by atoms with van der Waals surface area (Å²) in [6.45, 7) is 16.5. The van der Waals surface area contributed by atoms with Crippen LogP contribution in [0.1, 0.15) is 74.6 Å². The molecule has 3 aromatic carbocycles. The summed E-state index contributed by atoms with van der Waals surface area (Å²) in [5, 5.41) is 16.2. The van der Waals surface area contributed by atoms with E-state index in [1.807, 2.05) is 69.1 Å². The highest BCUT2D eigenvalue weighted by molar-refractivity contribution is 7.90. The SMILES string of the molecule is CCOCC(=O)N[C@H](C(=O)N1C[C@H](O)C[C@H]1C(=O)NCc1ccc(-c2scnc2C)cc1)C(C)(C)C.CCOCCOCCOCCOCCOCCOc1ccc(-c2cnc3[nH]cc(C(=O)c4c(F)ccc(NS(=O)(=O)N5CC[C@@H](F)C5)c4F)c3c2)cc1. The number of alkyl halides is 1. The van der Waals surface area contributed by atoms with Crippen LogP contribution in [0, 0.1) is 24.0 Å². The molecule has 5 heterocycles. The van der Waals surface area contributed by atoms with E-state index in [4.69, 9.17) is 33.2 Å². The number of rotatable bonds is 32. The number of aromatic nitrogens is 3. The van der Waals surface area contributed by atoms with Crippen LogP contribution < -0.4 is 20.1 Å². The lowest BCUT2D eigenvalue weighted by molar-refractivity contribution is -0.144. The molecule has 0 saturated carbocycles.